The van der Waals surface area contributed by atoms with Crippen molar-refractivity contribution in [3.63, 3.8) is 0 Å². The van der Waals surface area contributed by atoms with Crippen LogP contribution in [0.4, 0.5) is 18.9 Å². The van der Waals surface area contributed by atoms with Gasteiger partial charge in [-0.15, -0.1) is 11.3 Å². The van der Waals surface area contributed by atoms with E-state index in [4.69, 9.17) is 9.47 Å². The lowest BCUT2D eigenvalue weighted by Gasteiger charge is -2.12. The van der Waals surface area contributed by atoms with Crippen LogP contribution in [0.2, 0.25) is 0 Å². The van der Waals surface area contributed by atoms with Crippen molar-refractivity contribution in [2.45, 2.75) is 26.9 Å². The van der Waals surface area contributed by atoms with E-state index in [2.05, 4.69) is 10.3 Å². The summed E-state index contributed by atoms with van der Waals surface area (Å²) in [6, 6.07) is 9.06. The highest BCUT2D eigenvalue weighted by molar-refractivity contribution is 7.07. The number of carbonyl (C=O) groups is 2. The molecule has 196 valence electrons. The van der Waals surface area contributed by atoms with Crippen molar-refractivity contribution in [2.75, 3.05) is 19.0 Å². The Morgan fingerprint density at radius 2 is 1.81 bits per heavy atom. The first kappa shape index (κ1) is 27.7. The summed E-state index contributed by atoms with van der Waals surface area (Å²) in [5.74, 6) is -0.264. The van der Waals surface area contributed by atoms with Crippen molar-refractivity contribution in [1.29, 1.82) is 0 Å². The third-order valence-corrected chi connectivity index (χ3v) is 5.96. The molecule has 0 aliphatic heterocycles. The van der Waals surface area contributed by atoms with Gasteiger partial charge in [0.2, 0.25) is 0 Å². The van der Waals surface area contributed by atoms with Crippen LogP contribution in [0.3, 0.4) is 0 Å². The van der Waals surface area contributed by atoms with Crippen LogP contribution in [0.1, 0.15) is 31.9 Å². The first-order valence-corrected chi connectivity index (χ1v) is 11.8. The van der Waals surface area contributed by atoms with Gasteiger partial charge in [0.15, 0.2) is 23.9 Å². The lowest BCUT2D eigenvalue weighted by molar-refractivity contribution is -0.137. The van der Waals surface area contributed by atoms with Crippen molar-refractivity contribution in [2.24, 2.45) is 5.41 Å². The molecule has 0 aliphatic rings. The van der Waals surface area contributed by atoms with E-state index >= 15 is 0 Å². The van der Waals surface area contributed by atoms with Gasteiger partial charge in [-0.2, -0.15) is 13.2 Å². The fraction of sp³-hybridized carbons (Fsp3) is 0.269. The Bertz CT molecular complexity index is 1480. The highest BCUT2D eigenvalue weighted by Crippen LogP contribution is 2.31. The molecule has 7 nitrogen and oxygen atoms in total. The molecule has 0 aliphatic carbocycles. The molecule has 0 bridgehead atoms. The molecule has 3 rings (SSSR count). The second kappa shape index (κ2) is 11.0. The van der Waals surface area contributed by atoms with Crippen LogP contribution in [-0.2, 0) is 15.8 Å². The zero-order chi connectivity index (χ0) is 27.4. The molecule has 37 heavy (non-hydrogen) atoms. The van der Waals surface area contributed by atoms with E-state index in [0.29, 0.717) is 14.8 Å². The summed E-state index contributed by atoms with van der Waals surface area (Å²) in [6.45, 7) is 4.89. The smallest absolute Gasteiger partial charge is 0.416 e. The van der Waals surface area contributed by atoms with Gasteiger partial charge in [-0.3, -0.25) is 14.4 Å². The summed E-state index contributed by atoms with van der Waals surface area (Å²) in [5, 5.41) is 2.36. The number of hydrogen-bond donors (Lipinski definition) is 2. The number of rotatable bonds is 7. The Labute approximate surface area is 214 Å². The van der Waals surface area contributed by atoms with Crippen LogP contribution in [0.15, 0.2) is 47.3 Å². The molecule has 3 aromatic rings. The van der Waals surface area contributed by atoms with Crippen molar-refractivity contribution in [1.82, 2.24) is 4.98 Å². The van der Waals surface area contributed by atoms with Crippen LogP contribution >= 0.6 is 11.3 Å². The summed E-state index contributed by atoms with van der Waals surface area (Å²) >= 11 is 1.14. The van der Waals surface area contributed by atoms with Crippen molar-refractivity contribution >= 4 is 40.9 Å². The molecular formula is C26H25F3N2O5S. The molecule has 1 aromatic heterocycles. The number of Topliss-reactive ketones (excluding diaryl/α,β-unsaturated/α-hetero) is 1. The van der Waals surface area contributed by atoms with Gasteiger partial charge in [-0.1, -0.05) is 32.9 Å². The number of methoxy groups -OCH3 is 1. The standard InChI is InChI=1S/C26H25F3N2O5S/c1-25(2,3)21(32)13-23-31-24(34)20(37-23)11-15-8-9-18(19(10-15)35-4)36-14-22(33)30-17-7-5-6-16(12-17)26(27,28)29/h5-13H,14H2,1-4H3,(H,30,33)(H,31,34)/b20-11+,23-13-. The first-order valence-electron chi connectivity index (χ1n) is 11.0. The Hall–Kier alpha value is -3.86. The van der Waals surface area contributed by atoms with E-state index in [1.54, 1.807) is 45.0 Å². The van der Waals surface area contributed by atoms with E-state index in [1.165, 1.54) is 25.3 Å². The number of ketones is 1. The van der Waals surface area contributed by atoms with E-state index in [1.807, 2.05) is 0 Å². The normalized spacial score (nSPS) is 12.9. The maximum absolute atomic E-state index is 12.9. The molecule has 1 amide bonds. The van der Waals surface area contributed by atoms with Crippen molar-refractivity contribution in [3.05, 3.63) is 73.1 Å². The van der Waals surface area contributed by atoms with Crippen LogP contribution in [-0.4, -0.2) is 30.4 Å². The molecule has 0 fully saturated rings. The highest BCUT2D eigenvalue weighted by atomic mass is 32.1. The minimum absolute atomic E-state index is 0.0117. The summed E-state index contributed by atoms with van der Waals surface area (Å²) < 4.78 is 50.2. The van der Waals surface area contributed by atoms with E-state index in [0.717, 1.165) is 23.5 Å². The number of H-pyrrole nitrogens is 1. The SMILES string of the molecule is COc1cc(/C=c2/s/c(=C\C(=O)C(C)(C)C)[nH]c2=O)ccc1OCC(=O)Nc1cccc(C(F)(F)F)c1. The monoisotopic (exact) mass is 534 g/mol. The molecule has 1 heterocycles. The number of benzene rings is 2. The van der Waals surface area contributed by atoms with Gasteiger partial charge in [-0.05, 0) is 42.0 Å². The molecule has 0 atom stereocenters. The third kappa shape index (κ3) is 7.56. The van der Waals surface area contributed by atoms with Gasteiger partial charge in [0.1, 0.15) is 0 Å². The van der Waals surface area contributed by atoms with Gasteiger partial charge in [-0.25, -0.2) is 0 Å². The summed E-state index contributed by atoms with van der Waals surface area (Å²) in [5.41, 5.74) is -1.20. The second-order valence-corrected chi connectivity index (χ2v) is 10.1. The number of carbonyl (C=O) groups excluding carboxylic acids is 2. The summed E-state index contributed by atoms with van der Waals surface area (Å²) in [7, 11) is 1.40. The number of nitrogens with one attached hydrogen (secondary N) is 2. The molecule has 0 saturated carbocycles. The predicted octanol–water partition coefficient (Wildman–Crippen LogP) is 3.71. The fourth-order valence-electron chi connectivity index (χ4n) is 3.02. The average molecular weight is 535 g/mol. The largest absolute Gasteiger partial charge is 0.493 e. The van der Waals surface area contributed by atoms with Gasteiger partial charge in [0, 0.05) is 17.2 Å². The first-order chi connectivity index (χ1) is 17.3. The van der Waals surface area contributed by atoms with Gasteiger partial charge in [0.25, 0.3) is 11.5 Å². The Balaban J connectivity index is 1.74. The summed E-state index contributed by atoms with van der Waals surface area (Å²) in [6.07, 6.45) is -1.50. The quantitative estimate of drug-likeness (QED) is 0.482. The fourth-order valence-corrected chi connectivity index (χ4v) is 3.90. The molecule has 0 unspecified atom stereocenters. The van der Waals surface area contributed by atoms with Crippen LogP contribution in [0.5, 0.6) is 11.5 Å². The predicted molar refractivity (Wildman–Crippen MR) is 135 cm³/mol. The van der Waals surface area contributed by atoms with E-state index in [9.17, 15) is 27.6 Å². The number of alkyl halides is 3. The molecule has 0 radical (unpaired) electrons. The Morgan fingerprint density at radius 3 is 2.46 bits per heavy atom. The van der Waals surface area contributed by atoms with Crippen LogP contribution in [0.25, 0.3) is 12.2 Å². The second-order valence-electron chi connectivity index (χ2n) is 9.01. The number of hydrogen-bond acceptors (Lipinski definition) is 6. The highest BCUT2D eigenvalue weighted by Gasteiger charge is 2.30. The average Bonchev–Trinajstić information content (AvgIpc) is 3.15. The number of aromatic amines is 1. The summed E-state index contributed by atoms with van der Waals surface area (Å²) in [4.78, 5) is 39.4. The minimum Gasteiger partial charge on any atom is -0.493 e. The van der Waals surface area contributed by atoms with E-state index in [-0.39, 0.29) is 28.5 Å². The van der Waals surface area contributed by atoms with Crippen molar-refractivity contribution in [3.8, 4) is 11.5 Å². The third-order valence-electron chi connectivity index (χ3n) is 5.00. The topological polar surface area (TPSA) is 97.5 Å². The Kier molecular flexibility index (Phi) is 8.27. The number of ether oxygens (including phenoxy) is 2. The van der Waals surface area contributed by atoms with Gasteiger partial charge < -0.3 is 19.8 Å². The van der Waals surface area contributed by atoms with Crippen molar-refractivity contribution < 1.29 is 32.2 Å². The number of thiazole rings is 1. The zero-order valence-electron chi connectivity index (χ0n) is 20.5. The molecule has 0 saturated heterocycles. The maximum Gasteiger partial charge on any atom is 0.416 e. The number of aromatic nitrogens is 1. The van der Waals surface area contributed by atoms with Crippen LogP contribution < -0.4 is 29.5 Å². The van der Waals surface area contributed by atoms with E-state index < -0.39 is 29.7 Å². The maximum atomic E-state index is 12.9. The molecule has 0 spiro atoms. The number of anilines is 1. The van der Waals surface area contributed by atoms with Crippen LogP contribution in [0, 0.1) is 5.41 Å². The van der Waals surface area contributed by atoms with Gasteiger partial charge >= 0.3 is 6.18 Å². The molecular weight excluding hydrogens is 509 g/mol. The Morgan fingerprint density at radius 1 is 1.08 bits per heavy atom. The molecule has 2 N–H and O–H groups in total. The lowest BCUT2D eigenvalue weighted by Crippen LogP contribution is -2.22. The number of halogens is 3. The number of amides is 1. The zero-order valence-corrected chi connectivity index (χ0v) is 21.3. The molecule has 11 heteroatoms. The molecule has 2 aromatic carbocycles. The minimum atomic E-state index is -4.53. The van der Waals surface area contributed by atoms with Gasteiger partial charge in [0.05, 0.1) is 21.9 Å². The lowest BCUT2D eigenvalue weighted by atomic mass is 9.91.